The topological polar surface area (TPSA) is 152 Å². The Morgan fingerprint density at radius 3 is 2.49 bits per heavy atom. The number of piperazine rings is 1. The van der Waals surface area contributed by atoms with Gasteiger partial charge in [-0.1, -0.05) is 18.2 Å². The third-order valence-electron chi connectivity index (χ3n) is 10.6. The lowest BCUT2D eigenvalue weighted by atomic mass is 9.71. The molecule has 1 amide bonds. The molecule has 1 saturated heterocycles. The highest BCUT2D eigenvalue weighted by molar-refractivity contribution is 5.79. The van der Waals surface area contributed by atoms with Crippen LogP contribution in [0.5, 0.6) is 34.5 Å². The number of fused-ring (bicyclic) bond motifs is 9. The van der Waals surface area contributed by atoms with E-state index in [0.717, 1.165) is 22.3 Å². The summed E-state index contributed by atoms with van der Waals surface area (Å²) in [6, 6.07) is 9.65. The minimum atomic E-state index is -0.569. The fourth-order valence-electron chi connectivity index (χ4n) is 8.58. The SMILES string of the molecule is COCOc1c(OC)c(C)cc2c1[C@@H]1C3Cc4c(O)c(C)c5c(c4C(CNC(=O)Cc4ccc(OC(C)=O)cc4)N3C(C#N)C(C2)N1C)OCO5. The van der Waals surface area contributed by atoms with Crippen molar-refractivity contribution in [2.75, 3.05) is 41.4 Å². The van der Waals surface area contributed by atoms with Crippen molar-refractivity contribution in [3.63, 3.8) is 0 Å². The molecule has 2 bridgehead atoms. The van der Waals surface area contributed by atoms with Gasteiger partial charge in [0.15, 0.2) is 29.8 Å². The van der Waals surface area contributed by atoms with Crippen LogP contribution in [0.15, 0.2) is 30.3 Å². The summed E-state index contributed by atoms with van der Waals surface area (Å²) in [5, 5.41) is 25.8. The van der Waals surface area contributed by atoms with Gasteiger partial charge in [0.05, 0.1) is 31.7 Å². The number of amides is 1. The maximum absolute atomic E-state index is 13.5. The number of methoxy groups -OCH3 is 2. The van der Waals surface area contributed by atoms with Crippen LogP contribution in [0.4, 0.5) is 0 Å². The summed E-state index contributed by atoms with van der Waals surface area (Å²) < 4.78 is 34.5. The maximum atomic E-state index is 13.5. The second-order valence-electron chi connectivity index (χ2n) is 13.5. The standard InChI is InChI=1S/C38H42N4O9/c1-19-11-23-13-26-28(15-39)42-27(33(41(26)4)31(23)37(35(19)47-6)48-17-46-5)14-25-32(38-36(49-18-50-38)20(2)34(25)45)29(42)16-40-30(44)12-22-7-9-24(10-8-22)51-21(3)43/h7-11,26-29,33,45H,12-14,16-18H2,1-6H3,(H,40,44)/t26?,27?,28?,29?,33-/m0/s1. The number of phenols is 1. The molecule has 0 saturated carbocycles. The average molecular weight is 699 g/mol. The first-order valence-corrected chi connectivity index (χ1v) is 17.0. The van der Waals surface area contributed by atoms with Gasteiger partial charge in [-0.05, 0) is 62.6 Å². The molecule has 13 nitrogen and oxygen atoms in total. The quantitative estimate of drug-likeness (QED) is 0.190. The van der Waals surface area contributed by atoms with E-state index in [1.165, 1.54) is 6.92 Å². The summed E-state index contributed by atoms with van der Waals surface area (Å²) in [5.41, 5.74) is 5.70. The fraction of sp³-hybridized carbons (Fsp3) is 0.447. The Bertz CT molecular complexity index is 1920. The fourth-order valence-corrected chi connectivity index (χ4v) is 8.58. The summed E-state index contributed by atoms with van der Waals surface area (Å²) in [6.45, 7) is 5.28. The highest BCUT2D eigenvalue weighted by Gasteiger charge is 2.56. The summed E-state index contributed by atoms with van der Waals surface area (Å²) >= 11 is 0. The third kappa shape index (κ3) is 5.77. The number of carbonyl (C=O) groups excluding carboxylic acids is 2. The monoisotopic (exact) mass is 698 g/mol. The number of rotatable bonds is 9. The van der Waals surface area contributed by atoms with Crippen molar-refractivity contribution in [1.29, 1.82) is 5.26 Å². The lowest BCUT2D eigenvalue weighted by molar-refractivity contribution is -0.132. The van der Waals surface area contributed by atoms with Crippen molar-refractivity contribution in [1.82, 2.24) is 15.1 Å². The van der Waals surface area contributed by atoms with Crippen LogP contribution in [0, 0.1) is 25.2 Å². The summed E-state index contributed by atoms with van der Waals surface area (Å²) in [7, 11) is 5.23. The average Bonchev–Trinajstić information content (AvgIpc) is 3.59. The van der Waals surface area contributed by atoms with Crippen LogP contribution in [0.25, 0.3) is 0 Å². The summed E-state index contributed by atoms with van der Waals surface area (Å²) in [6.07, 6.45) is 1.07. The number of phenolic OH excluding ortho intramolecular Hbond substituents is 1. The number of aryl methyl sites for hydroxylation is 1. The van der Waals surface area contributed by atoms with Gasteiger partial charge in [-0.15, -0.1) is 0 Å². The van der Waals surface area contributed by atoms with Gasteiger partial charge < -0.3 is 38.8 Å². The molecule has 4 aliphatic heterocycles. The van der Waals surface area contributed by atoms with Gasteiger partial charge in [0, 0.05) is 54.9 Å². The van der Waals surface area contributed by atoms with E-state index < -0.39 is 18.1 Å². The van der Waals surface area contributed by atoms with E-state index in [9.17, 15) is 20.0 Å². The maximum Gasteiger partial charge on any atom is 0.308 e. The number of nitrogens with zero attached hydrogens (tertiary/aromatic N) is 3. The number of nitriles is 1. The van der Waals surface area contributed by atoms with Gasteiger partial charge >= 0.3 is 5.97 Å². The van der Waals surface area contributed by atoms with Crippen LogP contribution in [0.3, 0.4) is 0 Å². The Morgan fingerprint density at radius 1 is 1.06 bits per heavy atom. The molecule has 5 atom stereocenters. The van der Waals surface area contributed by atoms with Crippen LogP contribution in [-0.4, -0.2) is 86.3 Å². The number of aromatic hydroxyl groups is 1. The van der Waals surface area contributed by atoms with Crippen molar-refractivity contribution in [2.45, 2.75) is 70.2 Å². The molecule has 0 aromatic heterocycles. The molecule has 0 aliphatic carbocycles. The normalized spacial score (nSPS) is 23.0. The summed E-state index contributed by atoms with van der Waals surface area (Å²) in [4.78, 5) is 29.3. The molecule has 4 heterocycles. The zero-order valence-electron chi connectivity index (χ0n) is 29.6. The Hall–Kier alpha value is -5.03. The van der Waals surface area contributed by atoms with Gasteiger partial charge in [0.1, 0.15) is 17.5 Å². The van der Waals surface area contributed by atoms with E-state index in [1.807, 2.05) is 14.0 Å². The van der Waals surface area contributed by atoms with Gasteiger partial charge in [0.25, 0.3) is 0 Å². The molecule has 2 N–H and O–H groups in total. The first-order valence-electron chi connectivity index (χ1n) is 17.0. The Balaban J connectivity index is 1.31. The van der Waals surface area contributed by atoms with E-state index in [1.54, 1.807) is 45.4 Å². The van der Waals surface area contributed by atoms with E-state index in [2.05, 4.69) is 27.3 Å². The van der Waals surface area contributed by atoms with Crippen LogP contribution in [-0.2, 0) is 33.6 Å². The largest absolute Gasteiger partial charge is 0.507 e. The van der Waals surface area contributed by atoms with E-state index in [0.29, 0.717) is 58.3 Å². The molecule has 3 aromatic carbocycles. The molecule has 51 heavy (non-hydrogen) atoms. The number of hydrogen-bond acceptors (Lipinski definition) is 12. The van der Waals surface area contributed by atoms with Crippen LogP contribution in [0.2, 0.25) is 0 Å². The van der Waals surface area contributed by atoms with Crippen molar-refractivity contribution < 1.29 is 43.1 Å². The third-order valence-corrected chi connectivity index (χ3v) is 10.6. The molecule has 13 heteroatoms. The number of likely N-dealkylation sites (N-methyl/N-ethyl adjacent to an activating group) is 1. The number of ether oxygens (including phenoxy) is 6. The Labute approximate surface area is 296 Å². The lowest BCUT2D eigenvalue weighted by Crippen LogP contribution is -2.68. The van der Waals surface area contributed by atoms with Crippen LogP contribution >= 0.6 is 0 Å². The highest BCUT2D eigenvalue weighted by atomic mass is 16.7. The molecule has 268 valence electrons. The van der Waals surface area contributed by atoms with E-state index in [4.69, 9.17) is 28.4 Å². The van der Waals surface area contributed by atoms with E-state index in [-0.39, 0.29) is 56.3 Å². The number of nitrogens with one attached hydrogen (secondary N) is 1. The lowest BCUT2D eigenvalue weighted by Gasteiger charge is -2.60. The van der Waals surface area contributed by atoms with Gasteiger partial charge in [-0.3, -0.25) is 19.4 Å². The Kier molecular flexibility index (Phi) is 9.18. The number of benzene rings is 3. The van der Waals surface area contributed by atoms with Crippen molar-refractivity contribution in [3.8, 4) is 40.6 Å². The van der Waals surface area contributed by atoms with Crippen molar-refractivity contribution >= 4 is 11.9 Å². The highest BCUT2D eigenvalue weighted by Crippen LogP contribution is 2.58. The molecule has 4 unspecified atom stereocenters. The molecule has 0 radical (unpaired) electrons. The van der Waals surface area contributed by atoms with Crippen LogP contribution < -0.4 is 29.0 Å². The van der Waals surface area contributed by atoms with Crippen molar-refractivity contribution in [2.24, 2.45) is 0 Å². The zero-order valence-corrected chi connectivity index (χ0v) is 29.6. The number of esters is 1. The molecule has 4 aliphatic rings. The van der Waals surface area contributed by atoms with Gasteiger partial charge in [0.2, 0.25) is 12.7 Å². The second-order valence-corrected chi connectivity index (χ2v) is 13.5. The van der Waals surface area contributed by atoms with Crippen LogP contribution in [0.1, 0.15) is 58.0 Å². The molecule has 3 aromatic rings. The molecule has 0 spiro atoms. The number of carbonyl (C=O) groups is 2. The van der Waals surface area contributed by atoms with Gasteiger partial charge in [-0.25, -0.2) is 0 Å². The molecule has 7 rings (SSSR count). The predicted octanol–water partition coefficient (Wildman–Crippen LogP) is 3.78. The summed E-state index contributed by atoms with van der Waals surface area (Å²) in [5.74, 6) is 2.08. The molecular formula is C38H42N4O9. The van der Waals surface area contributed by atoms with Gasteiger partial charge in [-0.2, -0.15) is 5.26 Å². The second kappa shape index (κ2) is 13.6. The zero-order chi connectivity index (χ0) is 36.1. The minimum Gasteiger partial charge on any atom is -0.507 e. The van der Waals surface area contributed by atoms with E-state index >= 15 is 0 Å². The molecule has 1 fully saturated rings. The smallest absolute Gasteiger partial charge is 0.308 e. The molecular weight excluding hydrogens is 656 g/mol. The predicted molar refractivity (Wildman–Crippen MR) is 183 cm³/mol. The Morgan fingerprint density at radius 2 is 1.80 bits per heavy atom. The first-order chi connectivity index (χ1) is 24.6. The number of hydrogen-bond donors (Lipinski definition) is 2. The minimum absolute atomic E-state index is 0.000296. The van der Waals surface area contributed by atoms with Crippen molar-refractivity contribution in [3.05, 3.63) is 69.3 Å². The first kappa shape index (κ1) is 34.4.